The summed E-state index contributed by atoms with van der Waals surface area (Å²) in [5.74, 6) is 0. The van der Waals surface area contributed by atoms with Crippen molar-refractivity contribution < 1.29 is 13.2 Å². The summed E-state index contributed by atoms with van der Waals surface area (Å²) >= 11 is 0. The third kappa shape index (κ3) is 2.36. The third-order valence-corrected chi connectivity index (χ3v) is 5.28. The molecular weight excluding hydrogens is 345 g/mol. The Morgan fingerprint density at radius 3 is 2.81 bits per heavy atom. The summed E-state index contributed by atoms with van der Waals surface area (Å²) in [5, 5.41) is 14.0. The van der Waals surface area contributed by atoms with Crippen LogP contribution in [0.4, 0.5) is 13.2 Å². The van der Waals surface area contributed by atoms with Crippen molar-refractivity contribution in [2.24, 2.45) is 5.41 Å². The van der Waals surface area contributed by atoms with Crippen LogP contribution in [0.3, 0.4) is 0 Å². The number of aromatic nitrogens is 5. The number of halogens is 3. The molecule has 26 heavy (non-hydrogen) atoms. The Morgan fingerprint density at radius 2 is 2.15 bits per heavy atom. The Hall–Kier alpha value is -2.89. The number of hydrogen-bond acceptors (Lipinski definition) is 4. The van der Waals surface area contributed by atoms with Gasteiger partial charge in [0, 0.05) is 23.3 Å². The molecule has 0 aliphatic heterocycles. The molecule has 134 valence electrons. The molecule has 1 atom stereocenters. The van der Waals surface area contributed by atoms with Gasteiger partial charge in [0.25, 0.3) is 0 Å². The van der Waals surface area contributed by atoms with E-state index in [1.54, 1.807) is 18.5 Å². The summed E-state index contributed by atoms with van der Waals surface area (Å²) in [7, 11) is 0. The van der Waals surface area contributed by atoms with Gasteiger partial charge in [0.1, 0.15) is 12.0 Å². The second-order valence-electron chi connectivity index (χ2n) is 6.56. The van der Waals surface area contributed by atoms with Gasteiger partial charge in [0.2, 0.25) is 0 Å². The van der Waals surface area contributed by atoms with Gasteiger partial charge in [0.15, 0.2) is 0 Å². The molecule has 3 aromatic heterocycles. The average Bonchev–Trinajstić information content (AvgIpc) is 3.20. The van der Waals surface area contributed by atoms with Crippen LogP contribution >= 0.6 is 0 Å². The van der Waals surface area contributed by atoms with E-state index < -0.39 is 17.6 Å². The summed E-state index contributed by atoms with van der Waals surface area (Å²) in [6, 6.07) is 2.66. The molecule has 4 rings (SSSR count). The molecule has 3 heterocycles. The van der Waals surface area contributed by atoms with E-state index in [1.807, 2.05) is 6.07 Å². The first-order valence-electron chi connectivity index (χ1n) is 8.22. The lowest BCUT2D eigenvalue weighted by Gasteiger charge is -2.47. The first-order chi connectivity index (χ1) is 12.5. The summed E-state index contributed by atoms with van der Waals surface area (Å²) in [5.41, 5.74) is -0.0623. The van der Waals surface area contributed by atoms with Crippen molar-refractivity contribution >= 4 is 11.0 Å². The number of nitrogens with zero attached hydrogens (tertiary/aromatic N) is 5. The van der Waals surface area contributed by atoms with E-state index in [-0.39, 0.29) is 19.3 Å². The summed E-state index contributed by atoms with van der Waals surface area (Å²) in [6.45, 7) is 0. The van der Waals surface area contributed by atoms with Gasteiger partial charge in [-0.1, -0.05) is 6.42 Å². The number of fused-ring (bicyclic) bond motifs is 1. The van der Waals surface area contributed by atoms with Crippen molar-refractivity contribution in [2.75, 3.05) is 0 Å². The van der Waals surface area contributed by atoms with Crippen LogP contribution in [0, 0.1) is 16.7 Å². The molecule has 1 fully saturated rings. The van der Waals surface area contributed by atoms with E-state index >= 15 is 0 Å². The standard InChI is InChI=1S/C17H15F3N6/c18-17(19,20)16(4-1-5-16)13(2-6-21)26-9-11(8-25-26)14-12-3-7-22-15(12)24-10-23-14/h3,7-10,13H,1-2,4-5H2,(H,22,23,24). The van der Waals surface area contributed by atoms with Crippen molar-refractivity contribution in [3.05, 3.63) is 31.0 Å². The Balaban J connectivity index is 1.76. The van der Waals surface area contributed by atoms with Crippen molar-refractivity contribution in [1.29, 1.82) is 5.26 Å². The fourth-order valence-corrected chi connectivity index (χ4v) is 3.73. The highest BCUT2D eigenvalue weighted by molar-refractivity contribution is 5.89. The zero-order chi connectivity index (χ0) is 18.4. The van der Waals surface area contributed by atoms with Crippen molar-refractivity contribution in [3.63, 3.8) is 0 Å². The lowest BCUT2D eigenvalue weighted by Crippen LogP contribution is -2.50. The van der Waals surface area contributed by atoms with E-state index in [0.717, 1.165) is 5.39 Å². The predicted octanol–water partition coefficient (Wildman–Crippen LogP) is 4.01. The van der Waals surface area contributed by atoms with Gasteiger partial charge in [-0.05, 0) is 18.9 Å². The first kappa shape index (κ1) is 16.6. The van der Waals surface area contributed by atoms with Gasteiger partial charge in [-0.2, -0.15) is 23.5 Å². The number of nitrogens with one attached hydrogen (secondary N) is 1. The fourth-order valence-electron chi connectivity index (χ4n) is 3.73. The lowest BCUT2D eigenvalue weighted by molar-refractivity contribution is -0.268. The van der Waals surface area contributed by atoms with E-state index in [1.165, 1.54) is 17.2 Å². The molecule has 0 bridgehead atoms. The Bertz CT molecular complexity index is 976. The molecule has 0 spiro atoms. The molecule has 0 radical (unpaired) electrons. The molecular formula is C17H15F3N6. The monoisotopic (exact) mass is 360 g/mol. The minimum atomic E-state index is -4.37. The van der Waals surface area contributed by atoms with Crippen LogP contribution in [0.25, 0.3) is 22.3 Å². The highest BCUT2D eigenvalue weighted by Crippen LogP contribution is 2.60. The topological polar surface area (TPSA) is 83.2 Å². The normalized spacial score (nSPS) is 17.6. The summed E-state index contributed by atoms with van der Waals surface area (Å²) in [4.78, 5) is 11.3. The minimum absolute atomic E-state index is 0.0214. The maximum Gasteiger partial charge on any atom is 0.396 e. The highest BCUT2D eigenvalue weighted by atomic mass is 19.4. The Kier molecular flexibility index (Phi) is 3.72. The van der Waals surface area contributed by atoms with E-state index in [4.69, 9.17) is 5.26 Å². The Morgan fingerprint density at radius 1 is 1.35 bits per heavy atom. The predicted molar refractivity (Wildman–Crippen MR) is 86.7 cm³/mol. The largest absolute Gasteiger partial charge is 0.396 e. The molecule has 6 nitrogen and oxygen atoms in total. The molecule has 1 unspecified atom stereocenters. The van der Waals surface area contributed by atoms with Crippen molar-refractivity contribution in [2.45, 2.75) is 37.9 Å². The molecule has 0 aromatic carbocycles. The van der Waals surface area contributed by atoms with Crippen LogP contribution in [-0.2, 0) is 0 Å². The molecule has 9 heteroatoms. The smallest absolute Gasteiger partial charge is 0.346 e. The zero-order valence-corrected chi connectivity index (χ0v) is 13.7. The van der Waals surface area contributed by atoms with Crippen LogP contribution in [0.5, 0.6) is 0 Å². The second kappa shape index (κ2) is 5.83. The maximum absolute atomic E-state index is 13.7. The number of rotatable bonds is 4. The van der Waals surface area contributed by atoms with Crippen LogP contribution in [0.2, 0.25) is 0 Å². The molecule has 3 aromatic rings. The summed E-state index contributed by atoms with van der Waals surface area (Å²) in [6.07, 6.45) is 2.07. The first-order valence-corrected chi connectivity index (χ1v) is 8.22. The van der Waals surface area contributed by atoms with Crippen LogP contribution in [-0.4, -0.2) is 30.9 Å². The quantitative estimate of drug-likeness (QED) is 0.762. The SMILES string of the molecule is N#CCC(n1cc(-c2ncnc3[nH]ccc23)cn1)C1(C(F)(F)F)CCC1. The van der Waals surface area contributed by atoms with Crippen LogP contribution in [0.15, 0.2) is 31.0 Å². The zero-order valence-electron chi connectivity index (χ0n) is 13.7. The van der Waals surface area contributed by atoms with Crippen molar-refractivity contribution in [1.82, 2.24) is 24.7 Å². The summed E-state index contributed by atoms with van der Waals surface area (Å²) < 4.78 is 42.5. The van der Waals surface area contributed by atoms with Crippen LogP contribution < -0.4 is 0 Å². The van der Waals surface area contributed by atoms with Crippen molar-refractivity contribution in [3.8, 4) is 17.3 Å². The van der Waals surface area contributed by atoms with Gasteiger partial charge in [-0.3, -0.25) is 4.68 Å². The number of nitriles is 1. The van der Waals surface area contributed by atoms with Gasteiger partial charge in [-0.15, -0.1) is 0 Å². The fraction of sp³-hybridized carbons (Fsp3) is 0.412. The molecule has 0 saturated heterocycles. The van der Waals surface area contributed by atoms with Gasteiger partial charge < -0.3 is 4.98 Å². The number of aromatic amines is 1. The maximum atomic E-state index is 13.7. The van der Waals surface area contributed by atoms with Gasteiger partial charge in [0.05, 0.1) is 35.8 Å². The number of hydrogen-bond donors (Lipinski definition) is 1. The minimum Gasteiger partial charge on any atom is -0.346 e. The van der Waals surface area contributed by atoms with Gasteiger partial charge >= 0.3 is 6.18 Å². The number of alkyl halides is 3. The molecule has 1 saturated carbocycles. The van der Waals surface area contributed by atoms with Crippen LogP contribution in [0.1, 0.15) is 31.7 Å². The molecule has 1 N–H and O–H groups in total. The van der Waals surface area contributed by atoms with E-state index in [2.05, 4.69) is 20.1 Å². The molecule has 1 aliphatic carbocycles. The Labute approximate surface area is 146 Å². The second-order valence-corrected chi connectivity index (χ2v) is 6.56. The average molecular weight is 360 g/mol. The molecule has 0 amide bonds. The van der Waals surface area contributed by atoms with E-state index in [9.17, 15) is 13.2 Å². The highest BCUT2D eigenvalue weighted by Gasteiger charge is 2.63. The molecule has 1 aliphatic rings. The third-order valence-electron chi connectivity index (χ3n) is 5.28. The van der Waals surface area contributed by atoms with Gasteiger partial charge in [-0.25, -0.2) is 9.97 Å². The lowest BCUT2D eigenvalue weighted by atomic mass is 9.62. The number of H-pyrrole nitrogens is 1. The van der Waals surface area contributed by atoms with E-state index in [0.29, 0.717) is 23.3 Å².